The largest absolute Gasteiger partial charge is 0.490 e. The summed E-state index contributed by atoms with van der Waals surface area (Å²) >= 11 is 12.0. The van der Waals surface area contributed by atoms with Gasteiger partial charge >= 0.3 is 0 Å². The highest BCUT2D eigenvalue weighted by Gasteiger charge is 2.08. The fraction of sp³-hybridized carbons (Fsp3) is 0.190. The summed E-state index contributed by atoms with van der Waals surface area (Å²) in [7, 11) is 0. The molecule has 0 saturated heterocycles. The number of nitrogens with one attached hydrogen (secondary N) is 2. The van der Waals surface area contributed by atoms with Crippen molar-refractivity contribution >= 4 is 35.4 Å². The fourth-order valence-corrected chi connectivity index (χ4v) is 2.90. The highest BCUT2D eigenvalue weighted by molar-refractivity contribution is 6.42. The summed E-state index contributed by atoms with van der Waals surface area (Å²) in [6, 6.07) is 12.2. The monoisotopic (exact) mass is 446 g/mol. The summed E-state index contributed by atoms with van der Waals surface area (Å²) < 4.78 is 11.6. The summed E-state index contributed by atoms with van der Waals surface area (Å²) in [6.07, 6.45) is 1.59. The predicted octanol–water partition coefficient (Wildman–Crippen LogP) is 4.81. The van der Waals surface area contributed by atoms with Gasteiger partial charge in [-0.3, -0.25) is 9.78 Å². The summed E-state index contributed by atoms with van der Waals surface area (Å²) in [5.41, 5.74) is 4.72. The van der Waals surface area contributed by atoms with Crippen LogP contribution >= 0.6 is 23.2 Å². The Kier molecular flexibility index (Phi) is 7.32. The van der Waals surface area contributed by atoms with Crippen molar-refractivity contribution in [3.63, 3.8) is 0 Å². The van der Waals surface area contributed by atoms with Crippen LogP contribution in [0.15, 0.2) is 52.4 Å². The van der Waals surface area contributed by atoms with Crippen LogP contribution in [0.5, 0.6) is 11.5 Å². The minimum Gasteiger partial charge on any atom is -0.490 e. The SMILES string of the molecule is CCOc1cc(/C=N/Nc2nc(C)cc(=O)[nH]2)ccc1OCc1ccc(Cl)c(Cl)c1. The molecule has 2 aromatic carbocycles. The molecule has 7 nitrogen and oxygen atoms in total. The van der Waals surface area contributed by atoms with Gasteiger partial charge in [-0.2, -0.15) is 5.10 Å². The molecule has 3 aromatic rings. The van der Waals surface area contributed by atoms with Gasteiger partial charge in [-0.15, -0.1) is 0 Å². The molecule has 0 atom stereocenters. The van der Waals surface area contributed by atoms with Crippen LogP contribution in [0.3, 0.4) is 0 Å². The molecular weight excluding hydrogens is 427 g/mol. The van der Waals surface area contributed by atoms with Gasteiger partial charge in [0, 0.05) is 11.8 Å². The molecule has 30 heavy (non-hydrogen) atoms. The molecule has 0 bridgehead atoms. The maximum absolute atomic E-state index is 11.5. The van der Waals surface area contributed by atoms with Gasteiger partial charge in [-0.05, 0) is 55.3 Å². The fourth-order valence-electron chi connectivity index (χ4n) is 2.58. The quantitative estimate of drug-likeness (QED) is 0.382. The lowest BCUT2D eigenvalue weighted by Gasteiger charge is -2.13. The van der Waals surface area contributed by atoms with Crippen LogP contribution in [-0.4, -0.2) is 22.8 Å². The number of aryl methyl sites for hydroxylation is 1. The number of hydrazone groups is 1. The van der Waals surface area contributed by atoms with E-state index in [9.17, 15) is 4.79 Å². The molecule has 0 aliphatic rings. The smallest absolute Gasteiger partial charge is 0.252 e. The Morgan fingerprint density at radius 1 is 1.10 bits per heavy atom. The number of benzene rings is 2. The lowest BCUT2D eigenvalue weighted by atomic mass is 10.2. The Morgan fingerprint density at radius 3 is 2.67 bits per heavy atom. The van der Waals surface area contributed by atoms with Crippen LogP contribution in [-0.2, 0) is 6.61 Å². The van der Waals surface area contributed by atoms with Crippen LogP contribution in [0, 0.1) is 6.92 Å². The van der Waals surface area contributed by atoms with E-state index in [4.69, 9.17) is 32.7 Å². The number of aromatic nitrogens is 2. The maximum atomic E-state index is 11.5. The van der Waals surface area contributed by atoms with Crippen molar-refractivity contribution in [2.45, 2.75) is 20.5 Å². The zero-order valence-electron chi connectivity index (χ0n) is 16.4. The molecule has 0 aliphatic heterocycles. The number of halogens is 2. The second kappa shape index (κ2) is 10.1. The van der Waals surface area contributed by atoms with Crippen molar-refractivity contribution in [2.75, 3.05) is 12.0 Å². The number of anilines is 1. The Bertz CT molecular complexity index is 1120. The highest BCUT2D eigenvalue weighted by atomic mass is 35.5. The third-order valence-electron chi connectivity index (χ3n) is 3.90. The molecule has 156 valence electrons. The van der Waals surface area contributed by atoms with Crippen LogP contribution in [0.1, 0.15) is 23.7 Å². The van der Waals surface area contributed by atoms with Gasteiger partial charge in [0.2, 0.25) is 5.95 Å². The van der Waals surface area contributed by atoms with Crippen molar-refractivity contribution in [2.24, 2.45) is 5.10 Å². The maximum Gasteiger partial charge on any atom is 0.252 e. The van der Waals surface area contributed by atoms with Gasteiger partial charge in [0.1, 0.15) is 6.61 Å². The summed E-state index contributed by atoms with van der Waals surface area (Å²) in [6.45, 7) is 4.43. The van der Waals surface area contributed by atoms with Gasteiger partial charge in [-0.25, -0.2) is 10.4 Å². The van der Waals surface area contributed by atoms with E-state index in [0.717, 1.165) is 11.1 Å². The molecule has 0 amide bonds. The topological polar surface area (TPSA) is 88.6 Å². The minimum absolute atomic E-state index is 0.248. The zero-order valence-corrected chi connectivity index (χ0v) is 17.9. The van der Waals surface area contributed by atoms with E-state index < -0.39 is 0 Å². The van der Waals surface area contributed by atoms with Crippen molar-refractivity contribution in [1.29, 1.82) is 0 Å². The number of H-pyrrole nitrogens is 1. The number of ether oxygens (including phenoxy) is 2. The van der Waals surface area contributed by atoms with Gasteiger partial charge in [0.25, 0.3) is 5.56 Å². The number of rotatable bonds is 8. The van der Waals surface area contributed by atoms with Gasteiger partial charge in [0.15, 0.2) is 11.5 Å². The van der Waals surface area contributed by atoms with E-state index in [1.54, 1.807) is 31.3 Å². The van der Waals surface area contributed by atoms with E-state index in [0.29, 0.717) is 40.5 Å². The molecule has 0 radical (unpaired) electrons. The average molecular weight is 447 g/mol. The third-order valence-corrected chi connectivity index (χ3v) is 4.64. The first kappa shape index (κ1) is 21.7. The molecule has 0 fully saturated rings. The second-order valence-electron chi connectivity index (χ2n) is 6.28. The lowest BCUT2D eigenvalue weighted by molar-refractivity contribution is 0.269. The Hall–Kier alpha value is -3.03. The standard InChI is InChI=1S/C21H20Cl2N4O3/c1-3-29-19-10-14(11-24-27-21-25-13(2)8-20(28)26-21)5-7-18(19)30-12-15-4-6-16(22)17(23)9-15/h4-11H,3,12H2,1-2H3,(H2,25,26,27,28)/b24-11+. The molecule has 0 unspecified atom stereocenters. The first-order chi connectivity index (χ1) is 14.4. The Morgan fingerprint density at radius 2 is 1.93 bits per heavy atom. The van der Waals surface area contributed by atoms with E-state index in [2.05, 4.69) is 20.5 Å². The number of hydrogen-bond acceptors (Lipinski definition) is 6. The van der Waals surface area contributed by atoms with Crippen LogP contribution in [0.4, 0.5) is 5.95 Å². The van der Waals surface area contributed by atoms with E-state index in [1.807, 2.05) is 25.1 Å². The molecule has 9 heteroatoms. The van der Waals surface area contributed by atoms with Crippen molar-refractivity contribution in [3.05, 3.63) is 79.7 Å². The minimum atomic E-state index is -0.248. The lowest BCUT2D eigenvalue weighted by Crippen LogP contribution is -2.10. The van der Waals surface area contributed by atoms with E-state index in [-0.39, 0.29) is 11.5 Å². The van der Waals surface area contributed by atoms with Gasteiger partial charge in [-0.1, -0.05) is 29.3 Å². The predicted molar refractivity (Wildman–Crippen MR) is 119 cm³/mol. The first-order valence-electron chi connectivity index (χ1n) is 9.15. The summed E-state index contributed by atoms with van der Waals surface area (Å²) in [5.74, 6) is 1.45. The number of aromatic amines is 1. The van der Waals surface area contributed by atoms with E-state index in [1.165, 1.54) is 6.07 Å². The first-order valence-corrected chi connectivity index (χ1v) is 9.91. The number of nitrogens with zero attached hydrogens (tertiary/aromatic N) is 2. The third kappa shape index (κ3) is 5.98. The van der Waals surface area contributed by atoms with Gasteiger partial charge < -0.3 is 9.47 Å². The molecule has 1 heterocycles. The molecule has 0 spiro atoms. The summed E-state index contributed by atoms with van der Waals surface area (Å²) in [5, 5.41) is 5.08. The van der Waals surface area contributed by atoms with Crippen molar-refractivity contribution < 1.29 is 9.47 Å². The van der Waals surface area contributed by atoms with Crippen LogP contribution in [0.25, 0.3) is 0 Å². The Labute approximate surface area is 183 Å². The average Bonchev–Trinajstić information content (AvgIpc) is 2.69. The number of hydrogen-bond donors (Lipinski definition) is 2. The zero-order chi connectivity index (χ0) is 21.5. The summed E-state index contributed by atoms with van der Waals surface area (Å²) in [4.78, 5) is 18.2. The van der Waals surface area contributed by atoms with E-state index >= 15 is 0 Å². The molecular formula is C21H20Cl2N4O3. The Balaban J connectivity index is 1.70. The second-order valence-corrected chi connectivity index (χ2v) is 7.10. The van der Waals surface area contributed by atoms with Gasteiger partial charge in [0.05, 0.1) is 22.9 Å². The van der Waals surface area contributed by atoms with Crippen LogP contribution < -0.4 is 20.5 Å². The molecule has 1 aromatic heterocycles. The highest BCUT2D eigenvalue weighted by Crippen LogP contribution is 2.30. The molecule has 2 N–H and O–H groups in total. The van der Waals surface area contributed by atoms with Crippen molar-refractivity contribution in [3.8, 4) is 11.5 Å². The molecule has 3 rings (SSSR count). The van der Waals surface area contributed by atoms with Crippen molar-refractivity contribution in [1.82, 2.24) is 9.97 Å². The normalized spacial score (nSPS) is 10.9. The molecule has 0 saturated carbocycles. The molecule has 0 aliphatic carbocycles. The van der Waals surface area contributed by atoms with Crippen LogP contribution in [0.2, 0.25) is 10.0 Å².